The molecule has 1 unspecified atom stereocenters. The van der Waals surface area contributed by atoms with Gasteiger partial charge in [-0.2, -0.15) is 0 Å². The fourth-order valence-electron chi connectivity index (χ4n) is 2.64. The van der Waals surface area contributed by atoms with Crippen LogP contribution in [0.15, 0.2) is 30.5 Å². The summed E-state index contributed by atoms with van der Waals surface area (Å²) in [6.45, 7) is 1.41. The number of hydrogen-bond acceptors (Lipinski definition) is 4. The number of alkyl halides is 1. The maximum absolute atomic E-state index is 14.9. The Morgan fingerprint density at radius 1 is 1.38 bits per heavy atom. The standard InChI is InChI=1S/C14H15F2N3S.ClH/c15-12-4-2-1-3-11(12)14(16)5-6-19(9-14)8-10-7-18-13(17)20-10;/h1-4,7H,5-6,8-9H2,(H2,17,18);1H. The van der Waals surface area contributed by atoms with Gasteiger partial charge in [-0.3, -0.25) is 4.90 Å². The van der Waals surface area contributed by atoms with Crippen molar-refractivity contribution >= 4 is 28.9 Å². The van der Waals surface area contributed by atoms with Crippen LogP contribution in [0.25, 0.3) is 0 Å². The fraction of sp³-hybridized carbons (Fsp3) is 0.357. The number of rotatable bonds is 3. The molecule has 0 amide bonds. The van der Waals surface area contributed by atoms with Gasteiger partial charge in [-0.25, -0.2) is 13.8 Å². The van der Waals surface area contributed by atoms with Crippen LogP contribution in [0.1, 0.15) is 16.9 Å². The van der Waals surface area contributed by atoms with Crippen molar-refractivity contribution in [2.45, 2.75) is 18.6 Å². The van der Waals surface area contributed by atoms with E-state index in [1.807, 2.05) is 4.90 Å². The van der Waals surface area contributed by atoms with Crippen LogP contribution in [-0.4, -0.2) is 23.0 Å². The Balaban J connectivity index is 0.00000161. The number of hydrogen-bond donors (Lipinski definition) is 1. The molecule has 21 heavy (non-hydrogen) atoms. The predicted octanol–water partition coefficient (Wildman–Crippen LogP) is 3.36. The maximum Gasteiger partial charge on any atom is 0.180 e. The normalized spacial score (nSPS) is 22.2. The predicted molar refractivity (Wildman–Crippen MR) is 82.9 cm³/mol. The zero-order valence-electron chi connectivity index (χ0n) is 11.3. The first-order chi connectivity index (χ1) is 9.57. The van der Waals surface area contributed by atoms with E-state index in [0.29, 0.717) is 24.6 Å². The lowest BCUT2D eigenvalue weighted by atomic mass is 9.94. The molecule has 2 aromatic rings. The van der Waals surface area contributed by atoms with E-state index in [9.17, 15) is 8.78 Å². The lowest BCUT2D eigenvalue weighted by Gasteiger charge is -2.21. The van der Waals surface area contributed by atoms with Crippen LogP contribution in [0.3, 0.4) is 0 Å². The van der Waals surface area contributed by atoms with Crippen LogP contribution in [0.2, 0.25) is 0 Å². The topological polar surface area (TPSA) is 42.1 Å². The molecule has 1 fully saturated rings. The summed E-state index contributed by atoms with van der Waals surface area (Å²) >= 11 is 1.40. The molecule has 114 valence electrons. The Morgan fingerprint density at radius 2 is 2.14 bits per heavy atom. The monoisotopic (exact) mass is 331 g/mol. The molecular formula is C14H16ClF2N3S. The van der Waals surface area contributed by atoms with Crippen molar-refractivity contribution in [1.29, 1.82) is 0 Å². The molecule has 3 rings (SSSR count). The van der Waals surface area contributed by atoms with Crippen LogP contribution in [0.4, 0.5) is 13.9 Å². The number of anilines is 1. The SMILES string of the molecule is Cl.Nc1ncc(CN2CCC(F)(c3ccccc3F)C2)s1. The number of aromatic nitrogens is 1. The van der Waals surface area contributed by atoms with Crippen molar-refractivity contribution in [3.63, 3.8) is 0 Å². The summed E-state index contributed by atoms with van der Waals surface area (Å²) in [6, 6.07) is 6.09. The highest BCUT2D eigenvalue weighted by molar-refractivity contribution is 7.15. The van der Waals surface area contributed by atoms with E-state index in [0.717, 1.165) is 4.88 Å². The largest absolute Gasteiger partial charge is 0.375 e. The second-order valence-electron chi connectivity index (χ2n) is 5.07. The fourth-order valence-corrected chi connectivity index (χ4v) is 3.37. The van der Waals surface area contributed by atoms with Crippen LogP contribution >= 0.6 is 23.7 Å². The highest BCUT2D eigenvalue weighted by atomic mass is 35.5. The maximum atomic E-state index is 14.9. The Kier molecular flexibility index (Phi) is 4.81. The van der Waals surface area contributed by atoms with Crippen molar-refractivity contribution in [3.05, 3.63) is 46.7 Å². The van der Waals surface area contributed by atoms with Gasteiger partial charge < -0.3 is 5.73 Å². The molecule has 0 spiro atoms. The molecule has 1 aliphatic rings. The first-order valence-corrected chi connectivity index (χ1v) is 7.25. The third kappa shape index (κ3) is 3.33. The molecule has 0 saturated carbocycles. The van der Waals surface area contributed by atoms with E-state index in [2.05, 4.69) is 4.98 Å². The Labute approximate surface area is 132 Å². The number of halogens is 3. The number of likely N-dealkylation sites (tertiary alicyclic amines) is 1. The van der Waals surface area contributed by atoms with Crippen molar-refractivity contribution in [2.75, 3.05) is 18.8 Å². The summed E-state index contributed by atoms with van der Waals surface area (Å²) in [6.07, 6.45) is 2.02. The molecule has 0 bridgehead atoms. The van der Waals surface area contributed by atoms with E-state index in [1.165, 1.54) is 23.5 Å². The Bertz CT molecular complexity index is 622. The Hall–Kier alpha value is -1.24. The summed E-state index contributed by atoms with van der Waals surface area (Å²) < 4.78 is 28.7. The second kappa shape index (κ2) is 6.25. The minimum Gasteiger partial charge on any atom is -0.375 e. The quantitative estimate of drug-likeness (QED) is 0.937. The van der Waals surface area contributed by atoms with Gasteiger partial charge in [0.15, 0.2) is 10.8 Å². The molecule has 7 heteroatoms. The lowest BCUT2D eigenvalue weighted by Crippen LogP contribution is -2.27. The lowest BCUT2D eigenvalue weighted by molar-refractivity contribution is 0.159. The Morgan fingerprint density at radius 3 is 2.81 bits per heavy atom. The van der Waals surface area contributed by atoms with Crippen LogP contribution in [-0.2, 0) is 12.2 Å². The van der Waals surface area contributed by atoms with Gasteiger partial charge in [0, 0.05) is 36.3 Å². The first kappa shape index (κ1) is 16.1. The minimum atomic E-state index is -1.61. The van der Waals surface area contributed by atoms with Gasteiger partial charge in [-0.05, 0) is 12.5 Å². The summed E-state index contributed by atoms with van der Waals surface area (Å²) in [7, 11) is 0. The molecule has 3 nitrogen and oxygen atoms in total. The second-order valence-corrected chi connectivity index (χ2v) is 6.22. The number of benzene rings is 1. The molecule has 2 N–H and O–H groups in total. The molecule has 0 radical (unpaired) electrons. The summed E-state index contributed by atoms with van der Waals surface area (Å²) in [5.74, 6) is -0.473. The van der Waals surface area contributed by atoms with Crippen molar-refractivity contribution in [1.82, 2.24) is 9.88 Å². The molecule has 0 aliphatic carbocycles. The van der Waals surface area contributed by atoms with Crippen molar-refractivity contribution < 1.29 is 8.78 Å². The average molecular weight is 332 g/mol. The molecular weight excluding hydrogens is 316 g/mol. The molecule has 1 aromatic carbocycles. The average Bonchev–Trinajstić information content (AvgIpc) is 2.98. The van der Waals surface area contributed by atoms with Gasteiger partial charge in [-0.15, -0.1) is 23.7 Å². The van der Waals surface area contributed by atoms with Crippen LogP contribution in [0, 0.1) is 5.82 Å². The summed E-state index contributed by atoms with van der Waals surface area (Å²) in [5, 5.41) is 0.514. The number of nitrogens with zero attached hydrogens (tertiary/aromatic N) is 2. The summed E-state index contributed by atoms with van der Waals surface area (Å²) in [4.78, 5) is 6.96. The van der Waals surface area contributed by atoms with Crippen LogP contribution < -0.4 is 5.73 Å². The highest BCUT2D eigenvalue weighted by Gasteiger charge is 2.41. The van der Waals surface area contributed by atoms with E-state index >= 15 is 0 Å². The zero-order chi connectivity index (χ0) is 14.2. The first-order valence-electron chi connectivity index (χ1n) is 6.43. The van der Waals surface area contributed by atoms with Gasteiger partial charge >= 0.3 is 0 Å². The number of thiazole rings is 1. The minimum absolute atomic E-state index is 0. The molecule has 1 saturated heterocycles. The van der Waals surface area contributed by atoms with Gasteiger partial charge in [0.25, 0.3) is 0 Å². The third-order valence-corrected chi connectivity index (χ3v) is 4.42. The zero-order valence-corrected chi connectivity index (χ0v) is 12.9. The van der Waals surface area contributed by atoms with Crippen molar-refractivity contribution in [3.8, 4) is 0 Å². The van der Waals surface area contributed by atoms with Crippen LogP contribution in [0.5, 0.6) is 0 Å². The van der Waals surface area contributed by atoms with Gasteiger partial charge in [0.05, 0.1) is 0 Å². The number of nitrogens with two attached hydrogens (primary N) is 1. The highest BCUT2D eigenvalue weighted by Crippen LogP contribution is 2.38. The van der Waals surface area contributed by atoms with E-state index in [4.69, 9.17) is 5.73 Å². The van der Waals surface area contributed by atoms with E-state index < -0.39 is 11.5 Å². The molecule has 1 atom stereocenters. The van der Waals surface area contributed by atoms with Gasteiger partial charge in [0.1, 0.15) is 5.82 Å². The molecule has 2 heterocycles. The molecule has 1 aromatic heterocycles. The smallest absolute Gasteiger partial charge is 0.180 e. The summed E-state index contributed by atoms with van der Waals surface area (Å²) in [5.41, 5.74) is 4.13. The van der Waals surface area contributed by atoms with E-state index in [1.54, 1.807) is 18.3 Å². The van der Waals surface area contributed by atoms with Gasteiger partial charge in [0.2, 0.25) is 0 Å². The van der Waals surface area contributed by atoms with Gasteiger partial charge in [-0.1, -0.05) is 18.2 Å². The third-order valence-electron chi connectivity index (χ3n) is 3.61. The van der Waals surface area contributed by atoms with E-state index in [-0.39, 0.29) is 24.5 Å². The van der Waals surface area contributed by atoms with Crippen molar-refractivity contribution in [2.24, 2.45) is 0 Å². The molecule has 1 aliphatic heterocycles. The number of nitrogen functional groups attached to an aromatic ring is 1.